The molecule has 0 aliphatic heterocycles. The topological polar surface area (TPSA) is 65.1 Å². The molecule has 6 nitrogen and oxygen atoms in total. The number of amides is 1. The normalized spacial score (nSPS) is 12.4. The first kappa shape index (κ1) is 26.5. The second-order valence-electron chi connectivity index (χ2n) is 9.73. The largest absolute Gasteiger partial charge is 0.459 e. The van der Waals surface area contributed by atoms with Crippen molar-refractivity contribution in [1.82, 2.24) is 4.90 Å². The van der Waals surface area contributed by atoms with Gasteiger partial charge in [0.1, 0.15) is 13.2 Å². The number of carbonyl (C=O) groups is 2. The lowest BCUT2D eigenvalue weighted by molar-refractivity contribution is -0.146. The Labute approximate surface area is 187 Å². The van der Waals surface area contributed by atoms with E-state index < -0.39 is 20.4 Å². The van der Waals surface area contributed by atoms with E-state index in [1.165, 1.54) is 4.90 Å². The Morgan fingerprint density at radius 1 is 1.03 bits per heavy atom. The first-order valence-electron chi connectivity index (χ1n) is 10.1. The minimum Gasteiger partial charge on any atom is -0.459 e. The molecular weight excluding hydrogens is 422 g/mol. The van der Waals surface area contributed by atoms with Gasteiger partial charge >= 0.3 is 12.1 Å². The van der Waals surface area contributed by atoms with E-state index >= 15 is 0 Å². The molecular formula is C22H36ClNO5Si. The summed E-state index contributed by atoms with van der Waals surface area (Å²) in [6.45, 7) is 15.6. The van der Waals surface area contributed by atoms with Crippen LogP contribution in [0.3, 0.4) is 0 Å². The average molecular weight is 458 g/mol. The van der Waals surface area contributed by atoms with Crippen LogP contribution in [0.15, 0.2) is 30.3 Å². The monoisotopic (exact) mass is 457 g/mol. The molecule has 0 spiro atoms. The Balaban J connectivity index is 2.74. The van der Waals surface area contributed by atoms with Crippen molar-refractivity contribution in [2.24, 2.45) is 5.41 Å². The van der Waals surface area contributed by atoms with Gasteiger partial charge in [-0.25, -0.2) is 4.79 Å². The second kappa shape index (κ2) is 11.2. The maximum absolute atomic E-state index is 12.4. The predicted molar refractivity (Wildman–Crippen MR) is 122 cm³/mol. The summed E-state index contributed by atoms with van der Waals surface area (Å²) < 4.78 is 16.6. The SMILES string of the molecule is CC(C)(CO[Si](C)(C)C(C)(C)C)CN(CC(=O)OCc1ccccc1)C(=O)OCCl. The molecule has 30 heavy (non-hydrogen) atoms. The Bertz CT molecular complexity index is 689. The molecule has 0 aliphatic rings. The number of hydrogen-bond acceptors (Lipinski definition) is 5. The standard InChI is InChI=1S/C22H36ClNO5Si/c1-21(2,3)30(6,7)29-16-22(4,5)15-24(20(26)28-17-23)13-19(25)27-14-18-11-9-8-10-12-18/h8-12H,13-17H2,1-7H3. The van der Waals surface area contributed by atoms with Crippen molar-refractivity contribution in [1.29, 1.82) is 0 Å². The summed E-state index contributed by atoms with van der Waals surface area (Å²) in [4.78, 5) is 26.0. The van der Waals surface area contributed by atoms with Gasteiger partial charge in [-0.1, -0.05) is 76.6 Å². The lowest BCUT2D eigenvalue weighted by Crippen LogP contribution is -2.47. The maximum Gasteiger partial charge on any atom is 0.411 e. The van der Waals surface area contributed by atoms with Crippen LogP contribution >= 0.6 is 11.6 Å². The molecule has 0 bridgehead atoms. The first-order valence-corrected chi connectivity index (χ1v) is 13.5. The number of benzene rings is 1. The van der Waals surface area contributed by atoms with Gasteiger partial charge in [0.2, 0.25) is 0 Å². The van der Waals surface area contributed by atoms with Gasteiger partial charge in [0.05, 0.1) is 0 Å². The first-order chi connectivity index (χ1) is 13.8. The van der Waals surface area contributed by atoms with E-state index in [0.29, 0.717) is 6.61 Å². The van der Waals surface area contributed by atoms with Gasteiger partial charge in [-0.15, -0.1) is 0 Å². The van der Waals surface area contributed by atoms with Crippen LogP contribution in [0.1, 0.15) is 40.2 Å². The molecule has 1 amide bonds. The van der Waals surface area contributed by atoms with Crippen molar-refractivity contribution < 1.29 is 23.5 Å². The fraction of sp³-hybridized carbons (Fsp3) is 0.636. The number of hydrogen-bond donors (Lipinski definition) is 0. The van der Waals surface area contributed by atoms with E-state index in [9.17, 15) is 9.59 Å². The number of halogens is 1. The van der Waals surface area contributed by atoms with Crippen molar-refractivity contribution in [2.75, 3.05) is 25.8 Å². The van der Waals surface area contributed by atoms with E-state index in [1.54, 1.807) is 0 Å². The van der Waals surface area contributed by atoms with E-state index in [1.807, 2.05) is 44.2 Å². The molecule has 1 rings (SSSR count). The summed E-state index contributed by atoms with van der Waals surface area (Å²) in [5.41, 5.74) is 0.490. The molecule has 1 aromatic rings. The Kier molecular flexibility index (Phi) is 9.84. The number of esters is 1. The number of ether oxygens (including phenoxy) is 2. The molecule has 0 N–H and O–H groups in total. The molecule has 0 saturated heterocycles. The Morgan fingerprint density at radius 2 is 1.63 bits per heavy atom. The molecule has 0 atom stereocenters. The highest BCUT2D eigenvalue weighted by Gasteiger charge is 2.39. The van der Waals surface area contributed by atoms with Crippen LogP contribution in [0, 0.1) is 5.41 Å². The molecule has 170 valence electrons. The van der Waals surface area contributed by atoms with Gasteiger partial charge < -0.3 is 13.9 Å². The molecule has 0 heterocycles. The van der Waals surface area contributed by atoms with Crippen LogP contribution in [0.2, 0.25) is 18.1 Å². The van der Waals surface area contributed by atoms with Crippen molar-refractivity contribution in [2.45, 2.75) is 59.4 Å². The summed E-state index contributed by atoms with van der Waals surface area (Å²) >= 11 is 5.56. The number of rotatable bonds is 10. The summed E-state index contributed by atoms with van der Waals surface area (Å²) in [7, 11) is -1.94. The van der Waals surface area contributed by atoms with Crippen LogP contribution in [0.5, 0.6) is 0 Å². The highest BCUT2D eigenvalue weighted by molar-refractivity contribution is 6.74. The average Bonchev–Trinajstić information content (AvgIpc) is 2.64. The van der Waals surface area contributed by atoms with Crippen LogP contribution in [-0.2, 0) is 25.3 Å². The van der Waals surface area contributed by atoms with Crippen LogP contribution < -0.4 is 0 Å². The molecule has 0 radical (unpaired) electrons. The fourth-order valence-electron chi connectivity index (χ4n) is 2.42. The highest BCUT2D eigenvalue weighted by Crippen LogP contribution is 2.37. The molecule has 0 saturated carbocycles. The van der Waals surface area contributed by atoms with Gasteiger partial charge in [0.15, 0.2) is 14.4 Å². The minimum atomic E-state index is -1.94. The number of nitrogens with zero attached hydrogens (tertiary/aromatic N) is 1. The molecule has 0 aromatic heterocycles. The Hall–Kier alpha value is -1.57. The third kappa shape index (κ3) is 9.06. The van der Waals surface area contributed by atoms with Crippen molar-refractivity contribution in [3.8, 4) is 0 Å². The summed E-state index contributed by atoms with van der Waals surface area (Å²) in [5.74, 6) is -0.508. The lowest BCUT2D eigenvalue weighted by atomic mass is 9.94. The van der Waals surface area contributed by atoms with Gasteiger partial charge in [0.25, 0.3) is 0 Å². The van der Waals surface area contributed by atoms with Crippen molar-refractivity contribution >= 4 is 32.0 Å². The maximum atomic E-state index is 12.4. The number of alkyl halides is 1. The fourth-order valence-corrected chi connectivity index (χ4v) is 3.70. The summed E-state index contributed by atoms with van der Waals surface area (Å²) in [6.07, 6.45) is -0.651. The van der Waals surface area contributed by atoms with Gasteiger partial charge in [-0.05, 0) is 23.7 Å². The minimum absolute atomic E-state index is 0.0849. The van der Waals surface area contributed by atoms with Crippen molar-refractivity contribution in [3.05, 3.63) is 35.9 Å². The number of carbonyl (C=O) groups excluding carboxylic acids is 2. The van der Waals surface area contributed by atoms with Crippen LogP contribution in [-0.4, -0.2) is 51.0 Å². The van der Waals surface area contributed by atoms with Gasteiger partial charge in [0, 0.05) is 18.6 Å². The second-order valence-corrected chi connectivity index (χ2v) is 14.8. The molecule has 0 unspecified atom stereocenters. The quantitative estimate of drug-likeness (QED) is 0.267. The van der Waals surface area contributed by atoms with E-state index in [-0.39, 0.29) is 36.2 Å². The third-order valence-electron chi connectivity index (χ3n) is 5.25. The van der Waals surface area contributed by atoms with E-state index in [4.69, 9.17) is 25.5 Å². The zero-order valence-corrected chi connectivity index (χ0v) is 21.0. The van der Waals surface area contributed by atoms with Gasteiger partial charge in [-0.2, -0.15) is 0 Å². The lowest BCUT2D eigenvalue weighted by Gasteiger charge is -2.40. The van der Waals surface area contributed by atoms with Crippen LogP contribution in [0.25, 0.3) is 0 Å². The van der Waals surface area contributed by atoms with Crippen molar-refractivity contribution in [3.63, 3.8) is 0 Å². The summed E-state index contributed by atoms with van der Waals surface area (Å²) in [6, 6.07) is 9.09. The zero-order valence-electron chi connectivity index (χ0n) is 19.3. The smallest absolute Gasteiger partial charge is 0.411 e. The van der Waals surface area contributed by atoms with E-state index in [0.717, 1.165) is 5.56 Å². The van der Waals surface area contributed by atoms with Crippen LogP contribution in [0.4, 0.5) is 4.79 Å². The zero-order chi connectivity index (χ0) is 23.0. The van der Waals surface area contributed by atoms with E-state index in [2.05, 4.69) is 33.9 Å². The molecule has 8 heteroatoms. The predicted octanol–water partition coefficient (Wildman–Crippen LogP) is 5.41. The molecule has 0 aliphatic carbocycles. The highest BCUT2D eigenvalue weighted by atomic mass is 35.5. The summed E-state index contributed by atoms with van der Waals surface area (Å²) in [5, 5.41) is 0.0849. The molecule has 1 aromatic carbocycles. The Morgan fingerprint density at radius 3 is 2.17 bits per heavy atom. The third-order valence-corrected chi connectivity index (χ3v) is 9.84. The van der Waals surface area contributed by atoms with Gasteiger partial charge in [-0.3, -0.25) is 9.69 Å². The molecule has 0 fully saturated rings.